The number of nitrogens with zero attached hydrogens (tertiary/aromatic N) is 2. The van der Waals surface area contributed by atoms with Crippen LogP contribution in [-0.4, -0.2) is 59.3 Å². The van der Waals surface area contributed by atoms with E-state index in [4.69, 9.17) is 11.6 Å². The zero-order valence-electron chi connectivity index (χ0n) is 21.7. The van der Waals surface area contributed by atoms with Crippen molar-refractivity contribution in [2.24, 2.45) is 5.41 Å². The van der Waals surface area contributed by atoms with Gasteiger partial charge in [0.1, 0.15) is 5.54 Å². The molecule has 4 aliphatic heterocycles. The summed E-state index contributed by atoms with van der Waals surface area (Å²) in [7, 11) is 2.06. The van der Waals surface area contributed by atoms with Crippen LogP contribution in [-0.2, 0) is 15.1 Å². The van der Waals surface area contributed by atoms with Crippen LogP contribution in [0.2, 0.25) is 5.02 Å². The molecule has 0 radical (unpaired) electrons. The highest BCUT2D eigenvalue weighted by atomic mass is 79.9. The van der Waals surface area contributed by atoms with Gasteiger partial charge in [0.15, 0.2) is 5.78 Å². The first-order valence-corrected chi connectivity index (χ1v) is 16.3. The average Bonchev–Trinajstić information content (AvgIpc) is 3.57. The van der Waals surface area contributed by atoms with Crippen LogP contribution < -0.4 is 5.32 Å². The van der Waals surface area contributed by atoms with Crippen LogP contribution in [0.3, 0.4) is 0 Å². The molecule has 3 aromatic carbocycles. The van der Waals surface area contributed by atoms with Gasteiger partial charge >= 0.3 is 0 Å². The van der Waals surface area contributed by atoms with Crippen molar-refractivity contribution in [2.75, 3.05) is 37.1 Å². The summed E-state index contributed by atoms with van der Waals surface area (Å²) >= 11 is 15.5. The summed E-state index contributed by atoms with van der Waals surface area (Å²) in [6, 6.07) is 21.9. The second-order valence-corrected chi connectivity index (χ2v) is 14.4. The van der Waals surface area contributed by atoms with E-state index in [2.05, 4.69) is 66.2 Å². The molecule has 1 N–H and O–H groups in total. The van der Waals surface area contributed by atoms with Gasteiger partial charge in [0, 0.05) is 67.5 Å². The quantitative estimate of drug-likeness (QED) is 0.300. The summed E-state index contributed by atoms with van der Waals surface area (Å²) in [6.45, 7) is 0.977. The molecule has 3 aromatic rings. The van der Waals surface area contributed by atoms with Gasteiger partial charge in [-0.2, -0.15) is 0 Å². The van der Waals surface area contributed by atoms with Crippen LogP contribution in [0.1, 0.15) is 22.6 Å². The van der Waals surface area contributed by atoms with Crippen molar-refractivity contribution < 1.29 is 9.59 Å². The van der Waals surface area contributed by atoms with E-state index in [-0.39, 0.29) is 23.7 Å². The van der Waals surface area contributed by atoms with E-state index in [1.807, 2.05) is 66.4 Å². The standard InChI is InChI=1S/C31H26Br2ClN3O2S/c1-36-14-20(12-18-2-6-21(32)7-3-18)28(38)30(16-36)27(19-4-8-22(33)9-5-19)26-15-40-17-37(26)31(30)24-13-23(34)10-11-25(24)35-29(31)39/h2-13,26-27H,14-17H2,1H3,(H,35,39)/b20-12+/t26-,27+,30-,31-/m0/s1. The molecule has 1 amide bonds. The highest BCUT2D eigenvalue weighted by molar-refractivity contribution is 9.10. The van der Waals surface area contributed by atoms with Crippen LogP contribution in [0.25, 0.3) is 6.08 Å². The van der Waals surface area contributed by atoms with Gasteiger partial charge < -0.3 is 10.2 Å². The van der Waals surface area contributed by atoms with Gasteiger partial charge in [-0.25, -0.2) is 0 Å². The molecule has 2 spiro atoms. The Labute approximate surface area is 259 Å². The molecular formula is C31H26Br2ClN3O2S. The third-order valence-corrected chi connectivity index (χ3v) is 11.3. The first kappa shape index (κ1) is 26.9. The smallest absolute Gasteiger partial charge is 0.250 e. The van der Waals surface area contributed by atoms with Crippen molar-refractivity contribution in [1.29, 1.82) is 0 Å². The number of carbonyl (C=O) groups is 2. The van der Waals surface area contributed by atoms with Gasteiger partial charge in [-0.1, -0.05) is 67.7 Å². The molecule has 9 heteroatoms. The molecule has 0 aliphatic carbocycles. The fourth-order valence-corrected chi connectivity index (χ4v) is 9.65. The summed E-state index contributed by atoms with van der Waals surface area (Å²) in [4.78, 5) is 34.4. The predicted octanol–water partition coefficient (Wildman–Crippen LogP) is 6.77. The summed E-state index contributed by atoms with van der Waals surface area (Å²) in [6.07, 6.45) is 2.00. The largest absolute Gasteiger partial charge is 0.324 e. The lowest BCUT2D eigenvalue weighted by Crippen LogP contribution is -2.65. The number of nitrogens with one attached hydrogen (secondary N) is 1. The zero-order chi connectivity index (χ0) is 27.8. The molecule has 5 nitrogen and oxygen atoms in total. The van der Waals surface area contributed by atoms with Gasteiger partial charge in [0.05, 0.1) is 5.41 Å². The predicted molar refractivity (Wildman–Crippen MR) is 169 cm³/mol. The number of halogens is 3. The fraction of sp³-hybridized carbons (Fsp3) is 0.290. The number of fused-ring (bicyclic) bond motifs is 5. The molecule has 4 aliphatic rings. The minimum absolute atomic E-state index is 0.00578. The molecule has 3 saturated heterocycles. The third kappa shape index (κ3) is 3.73. The van der Waals surface area contributed by atoms with Crippen LogP contribution in [0, 0.1) is 5.41 Å². The maximum Gasteiger partial charge on any atom is 0.250 e. The fourth-order valence-electron chi connectivity index (χ4n) is 7.65. The summed E-state index contributed by atoms with van der Waals surface area (Å²) < 4.78 is 1.96. The number of likely N-dealkylation sites (N-methyl/N-ethyl adjacent to an activating group) is 1. The van der Waals surface area contributed by atoms with E-state index in [0.717, 1.165) is 42.6 Å². The monoisotopic (exact) mass is 697 g/mol. The number of hydrogen-bond acceptors (Lipinski definition) is 5. The number of ketones is 1. The number of rotatable bonds is 2. The molecule has 0 unspecified atom stereocenters. The Kier molecular flexibility index (Phi) is 6.61. The van der Waals surface area contributed by atoms with Crippen molar-refractivity contribution in [3.63, 3.8) is 0 Å². The molecule has 40 heavy (non-hydrogen) atoms. The Morgan fingerprint density at radius 1 is 1.02 bits per heavy atom. The molecule has 4 heterocycles. The van der Waals surface area contributed by atoms with Gasteiger partial charge in [0.25, 0.3) is 5.91 Å². The Morgan fingerprint density at radius 3 is 2.45 bits per heavy atom. The lowest BCUT2D eigenvalue weighted by atomic mass is 9.55. The number of carbonyl (C=O) groups excluding carboxylic acids is 2. The summed E-state index contributed by atoms with van der Waals surface area (Å²) in [5.74, 6) is 1.22. The molecule has 0 bridgehead atoms. The molecule has 4 atom stereocenters. The highest BCUT2D eigenvalue weighted by Crippen LogP contribution is 2.68. The van der Waals surface area contributed by atoms with E-state index in [9.17, 15) is 4.79 Å². The van der Waals surface area contributed by atoms with Crippen LogP contribution in [0.5, 0.6) is 0 Å². The lowest BCUT2D eigenvalue weighted by Gasteiger charge is -2.51. The number of piperidine rings is 1. The topological polar surface area (TPSA) is 52.7 Å². The number of hydrogen-bond donors (Lipinski definition) is 1. The Hall–Kier alpha value is -1.94. The van der Waals surface area contributed by atoms with Crippen LogP contribution in [0.15, 0.2) is 81.2 Å². The van der Waals surface area contributed by atoms with Crippen molar-refractivity contribution in [3.8, 4) is 0 Å². The number of thioether (sulfide) groups is 1. The second-order valence-electron chi connectivity index (χ2n) is 11.1. The number of anilines is 1. The summed E-state index contributed by atoms with van der Waals surface area (Å²) in [5.41, 5.74) is 2.04. The number of benzene rings is 3. The van der Waals surface area contributed by atoms with Gasteiger partial charge in [0.2, 0.25) is 0 Å². The number of likely N-dealkylation sites (tertiary alicyclic amines) is 1. The second kappa shape index (κ2) is 9.82. The van der Waals surface area contributed by atoms with Crippen molar-refractivity contribution in [1.82, 2.24) is 9.80 Å². The molecule has 3 fully saturated rings. The maximum absolute atomic E-state index is 15.3. The summed E-state index contributed by atoms with van der Waals surface area (Å²) in [5, 5.41) is 3.74. The zero-order valence-corrected chi connectivity index (χ0v) is 26.4. The maximum atomic E-state index is 15.3. The van der Waals surface area contributed by atoms with E-state index in [0.29, 0.717) is 24.0 Å². The van der Waals surface area contributed by atoms with E-state index in [1.165, 1.54) is 0 Å². The lowest BCUT2D eigenvalue weighted by molar-refractivity contribution is -0.146. The normalized spacial score (nSPS) is 30.9. The highest BCUT2D eigenvalue weighted by Gasteiger charge is 2.78. The molecule has 204 valence electrons. The van der Waals surface area contributed by atoms with Crippen molar-refractivity contribution in [3.05, 3.63) is 103 Å². The number of Topliss-reactive ketones (excluding diaryl/α,β-unsaturated/α-hetero) is 1. The van der Waals surface area contributed by atoms with Crippen LogP contribution in [0.4, 0.5) is 5.69 Å². The Bertz CT molecular complexity index is 1580. The van der Waals surface area contributed by atoms with Crippen LogP contribution >= 0.6 is 55.2 Å². The molecule has 0 saturated carbocycles. The molecule has 7 rings (SSSR count). The molecule has 0 aromatic heterocycles. The van der Waals surface area contributed by atoms with Gasteiger partial charge in [-0.05, 0) is 66.7 Å². The van der Waals surface area contributed by atoms with Gasteiger partial charge in [-0.15, -0.1) is 11.8 Å². The average molecular weight is 700 g/mol. The van der Waals surface area contributed by atoms with Crippen molar-refractivity contribution >= 4 is 78.7 Å². The first-order valence-electron chi connectivity index (χ1n) is 13.2. The Balaban J connectivity index is 1.53. The number of amides is 1. The van der Waals surface area contributed by atoms with Gasteiger partial charge in [-0.3, -0.25) is 14.5 Å². The minimum Gasteiger partial charge on any atom is -0.324 e. The first-order chi connectivity index (χ1) is 19.3. The SMILES string of the molecule is CN1C/C(=C\c2ccc(Br)cc2)C(=O)[C@]2(C1)[C@H](c1ccc(Br)cc1)[C@@H]1CSCN1[C@@]21C(=O)Nc2ccc(Cl)cc21. The Morgan fingerprint density at radius 2 is 1.73 bits per heavy atom. The van der Waals surface area contributed by atoms with E-state index < -0.39 is 11.0 Å². The third-order valence-electron chi connectivity index (χ3n) is 8.96. The van der Waals surface area contributed by atoms with Crippen molar-refractivity contribution in [2.45, 2.75) is 17.5 Å². The van der Waals surface area contributed by atoms with E-state index >= 15 is 4.79 Å². The minimum atomic E-state index is -1.19. The van der Waals surface area contributed by atoms with E-state index in [1.54, 1.807) is 6.07 Å². The molecular weight excluding hydrogens is 674 g/mol.